The molecule has 0 radical (unpaired) electrons. The lowest BCUT2D eigenvalue weighted by Crippen LogP contribution is -2.56. The molecule has 2 aliphatic carbocycles. The van der Waals surface area contributed by atoms with Crippen LogP contribution in [0, 0.1) is 0 Å². The third kappa shape index (κ3) is 2.87. The third-order valence-electron chi connectivity index (χ3n) is 5.56. The van der Waals surface area contributed by atoms with E-state index in [0.29, 0.717) is 24.8 Å². The lowest BCUT2D eigenvalue weighted by Gasteiger charge is -2.41. The molecule has 2 atom stereocenters. The maximum atomic E-state index is 14.2. The summed E-state index contributed by atoms with van der Waals surface area (Å²) in [6.07, 6.45) is 0.425. The molecule has 4 rings (SSSR count). The van der Waals surface area contributed by atoms with Crippen LogP contribution in [0.5, 0.6) is 0 Å². The van der Waals surface area contributed by atoms with E-state index in [2.05, 4.69) is 21.2 Å². The van der Waals surface area contributed by atoms with Crippen molar-refractivity contribution in [1.82, 2.24) is 10.2 Å². The van der Waals surface area contributed by atoms with Gasteiger partial charge in [-0.15, -0.1) is 0 Å². The zero-order chi connectivity index (χ0) is 18.0. The largest absolute Gasteiger partial charge is 0.390 e. The van der Waals surface area contributed by atoms with Crippen molar-refractivity contribution < 1.29 is 19.1 Å². The Bertz CT molecular complexity index is 761. The van der Waals surface area contributed by atoms with Crippen LogP contribution in [0.3, 0.4) is 0 Å². The molecule has 2 saturated carbocycles. The predicted octanol–water partition coefficient (Wildman–Crippen LogP) is 1.91. The summed E-state index contributed by atoms with van der Waals surface area (Å²) in [4.78, 5) is 26.4. The van der Waals surface area contributed by atoms with Gasteiger partial charge in [-0.2, -0.15) is 0 Å². The molecule has 1 aromatic rings. The number of fused-ring (bicyclic) bond motifs is 2. The maximum absolute atomic E-state index is 14.2. The quantitative estimate of drug-likeness (QED) is 0.799. The molecule has 1 aliphatic heterocycles. The number of hydrogen-bond donors (Lipinski definition) is 2. The highest BCUT2D eigenvalue weighted by Crippen LogP contribution is 2.54. The summed E-state index contributed by atoms with van der Waals surface area (Å²) < 4.78 is 15.0. The molecule has 5 nitrogen and oxygen atoms in total. The van der Waals surface area contributed by atoms with Crippen molar-refractivity contribution in [2.24, 2.45) is 0 Å². The van der Waals surface area contributed by atoms with Crippen molar-refractivity contribution in [3.05, 3.63) is 33.8 Å². The van der Waals surface area contributed by atoms with E-state index in [9.17, 15) is 19.1 Å². The Kier molecular flexibility index (Phi) is 3.74. The Labute approximate surface area is 153 Å². The standard InChI is InChI=1S/C18H20BrFN2O3/c1-17(25)5-11(6-17)21-15(23)8-22-9-18(7-14(18)20)13-4-10(19)2-3-12(13)16(22)24/h2-4,11,14,25H,5-9H2,1H3,(H,21,23)/t11?,14-,17?,18-/m1/s1. The molecule has 2 N–H and O–H groups in total. The molecule has 2 amide bonds. The van der Waals surface area contributed by atoms with Crippen molar-refractivity contribution in [3.8, 4) is 0 Å². The van der Waals surface area contributed by atoms with Gasteiger partial charge in [0.2, 0.25) is 5.91 Å². The molecule has 1 aromatic carbocycles. The number of amides is 2. The Morgan fingerprint density at radius 2 is 2.12 bits per heavy atom. The fourth-order valence-electron chi connectivity index (χ4n) is 4.16. The molecule has 134 valence electrons. The third-order valence-corrected chi connectivity index (χ3v) is 6.06. The summed E-state index contributed by atoms with van der Waals surface area (Å²) in [5, 5.41) is 12.6. The number of rotatable bonds is 3. The van der Waals surface area contributed by atoms with Gasteiger partial charge in [-0.1, -0.05) is 15.9 Å². The van der Waals surface area contributed by atoms with Crippen molar-refractivity contribution in [3.63, 3.8) is 0 Å². The highest BCUT2D eigenvalue weighted by atomic mass is 79.9. The summed E-state index contributed by atoms with van der Waals surface area (Å²) in [6, 6.07) is 5.22. The summed E-state index contributed by atoms with van der Waals surface area (Å²) in [5.41, 5.74) is -0.168. The Morgan fingerprint density at radius 1 is 1.44 bits per heavy atom. The second kappa shape index (κ2) is 5.51. The smallest absolute Gasteiger partial charge is 0.254 e. The summed E-state index contributed by atoms with van der Waals surface area (Å²) in [5.74, 6) is -0.497. The van der Waals surface area contributed by atoms with Gasteiger partial charge >= 0.3 is 0 Å². The van der Waals surface area contributed by atoms with Crippen molar-refractivity contribution >= 4 is 27.7 Å². The number of hydrogen-bond acceptors (Lipinski definition) is 3. The summed E-state index contributed by atoms with van der Waals surface area (Å²) >= 11 is 3.38. The monoisotopic (exact) mass is 410 g/mol. The number of carbonyl (C=O) groups excluding carboxylic acids is 2. The van der Waals surface area contributed by atoms with E-state index in [4.69, 9.17) is 0 Å². The van der Waals surface area contributed by atoms with E-state index in [-0.39, 0.29) is 30.9 Å². The van der Waals surface area contributed by atoms with Crippen LogP contribution in [0.2, 0.25) is 0 Å². The SMILES string of the molecule is CC1(O)CC(NC(=O)CN2C[C@]3(C[C@H]3F)c3cc(Br)ccc3C2=O)C1. The second-order valence-electron chi connectivity index (χ2n) is 7.85. The topological polar surface area (TPSA) is 69.6 Å². The van der Waals surface area contributed by atoms with Crippen molar-refractivity contribution in [2.45, 2.75) is 49.4 Å². The Hall–Kier alpha value is -1.47. The summed E-state index contributed by atoms with van der Waals surface area (Å²) in [6.45, 7) is 1.88. The van der Waals surface area contributed by atoms with Gasteiger partial charge in [-0.25, -0.2) is 4.39 Å². The number of benzene rings is 1. The molecular weight excluding hydrogens is 391 g/mol. The average Bonchev–Trinajstić information content (AvgIpc) is 3.13. The minimum Gasteiger partial charge on any atom is -0.390 e. The number of alkyl halides is 1. The first kappa shape index (κ1) is 17.0. The highest BCUT2D eigenvalue weighted by Gasteiger charge is 2.61. The molecule has 0 saturated heterocycles. The van der Waals surface area contributed by atoms with Crippen LogP contribution in [0.15, 0.2) is 22.7 Å². The van der Waals surface area contributed by atoms with Crippen molar-refractivity contribution in [1.29, 1.82) is 0 Å². The van der Waals surface area contributed by atoms with Gasteiger partial charge in [-0.3, -0.25) is 9.59 Å². The number of nitrogens with zero attached hydrogens (tertiary/aromatic N) is 1. The molecule has 3 aliphatic rings. The van der Waals surface area contributed by atoms with Crippen LogP contribution in [0.1, 0.15) is 42.1 Å². The lowest BCUT2D eigenvalue weighted by atomic mass is 9.77. The minimum absolute atomic E-state index is 0.0607. The van der Waals surface area contributed by atoms with Crippen LogP contribution in [-0.4, -0.2) is 52.7 Å². The average molecular weight is 411 g/mol. The highest BCUT2D eigenvalue weighted by molar-refractivity contribution is 9.10. The van der Waals surface area contributed by atoms with Gasteiger partial charge in [0.15, 0.2) is 0 Å². The number of nitrogens with one attached hydrogen (secondary N) is 1. The van der Waals surface area contributed by atoms with Crippen LogP contribution in [0.4, 0.5) is 4.39 Å². The van der Waals surface area contributed by atoms with Crippen molar-refractivity contribution in [2.75, 3.05) is 13.1 Å². The van der Waals surface area contributed by atoms with E-state index >= 15 is 0 Å². The van der Waals surface area contributed by atoms with E-state index < -0.39 is 17.2 Å². The maximum Gasteiger partial charge on any atom is 0.254 e. The zero-order valence-electron chi connectivity index (χ0n) is 13.9. The van der Waals surface area contributed by atoms with Crippen LogP contribution in [-0.2, 0) is 10.2 Å². The van der Waals surface area contributed by atoms with Gasteiger partial charge in [0.1, 0.15) is 6.17 Å². The van der Waals surface area contributed by atoms with E-state index in [1.54, 1.807) is 19.1 Å². The molecular formula is C18H20BrFN2O3. The van der Waals surface area contributed by atoms with Crippen LogP contribution < -0.4 is 5.32 Å². The molecule has 0 bridgehead atoms. The molecule has 0 unspecified atom stereocenters. The first-order valence-electron chi connectivity index (χ1n) is 8.45. The molecule has 0 aromatic heterocycles. The van der Waals surface area contributed by atoms with E-state index in [1.165, 1.54) is 4.90 Å². The van der Waals surface area contributed by atoms with Gasteiger partial charge in [0, 0.05) is 28.0 Å². The van der Waals surface area contributed by atoms with Crippen LogP contribution in [0.25, 0.3) is 0 Å². The summed E-state index contributed by atoms with van der Waals surface area (Å²) in [7, 11) is 0. The van der Waals surface area contributed by atoms with E-state index in [0.717, 1.165) is 10.0 Å². The fourth-order valence-corrected chi connectivity index (χ4v) is 4.53. The Balaban J connectivity index is 1.49. The lowest BCUT2D eigenvalue weighted by molar-refractivity contribution is -0.125. The fraction of sp³-hybridized carbons (Fsp3) is 0.556. The van der Waals surface area contributed by atoms with Gasteiger partial charge in [-0.05, 0) is 49.9 Å². The molecule has 7 heteroatoms. The normalized spacial score (nSPS) is 36.0. The molecule has 25 heavy (non-hydrogen) atoms. The Morgan fingerprint density at radius 3 is 2.72 bits per heavy atom. The van der Waals surface area contributed by atoms with Gasteiger partial charge in [0.05, 0.1) is 12.1 Å². The zero-order valence-corrected chi connectivity index (χ0v) is 15.5. The predicted molar refractivity (Wildman–Crippen MR) is 93.0 cm³/mol. The van der Waals surface area contributed by atoms with E-state index in [1.807, 2.05) is 6.07 Å². The second-order valence-corrected chi connectivity index (χ2v) is 8.76. The van der Waals surface area contributed by atoms with Crippen LogP contribution >= 0.6 is 15.9 Å². The molecule has 1 spiro atoms. The minimum atomic E-state index is -0.985. The van der Waals surface area contributed by atoms with Gasteiger partial charge in [0.25, 0.3) is 5.91 Å². The first-order valence-corrected chi connectivity index (χ1v) is 9.25. The molecule has 1 heterocycles. The number of aliphatic hydroxyl groups is 1. The first-order chi connectivity index (χ1) is 11.7. The van der Waals surface area contributed by atoms with Gasteiger partial charge < -0.3 is 15.3 Å². The number of carbonyl (C=O) groups is 2. The number of halogens is 2. The molecule has 2 fully saturated rings.